The molecule has 2 aromatic rings. The van der Waals surface area contributed by atoms with E-state index in [-0.39, 0.29) is 17.9 Å². The summed E-state index contributed by atoms with van der Waals surface area (Å²) in [4.78, 5) is 19.0. The summed E-state index contributed by atoms with van der Waals surface area (Å²) >= 11 is 0. The zero-order valence-electron chi connectivity index (χ0n) is 14.0. The monoisotopic (exact) mass is 313 g/mol. The first-order valence-corrected chi connectivity index (χ1v) is 7.60. The zero-order chi connectivity index (χ0) is 16.9. The summed E-state index contributed by atoms with van der Waals surface area (Å²) in [5, 5.41) is 3.06. The van der Waals surface area contributed by atoms with E-state index in [4.69, 9.17) is 4.74 Å². The topological polar surface area (TPSA) is 64.1 Å². The van der Waals surface area contributed by atoms with Gasteiger partial charge in [-0.1, -0.05) is 45.0 Å². The Morgan fingerprint density at radius 3 is 2.52 bits per heavy atom. The molecule has 0 bridgehead atoms. The molecule has 5 heteroatoms. The van der Waals surface area contributed by atoms with E-state index in [1.807, 2.05) is 7.05 Å². The average Bonchev–Trinajstić information content (AvgIpc) is 2.55. The zero-order valence-corrected chi connectivity index (χ0v) is 14.0. The van der Waals surface area contributed by atoms with E-state index >= 15 is 0 Å². The van der Waals surface area contributed by atoms with E-state index in [0.29, 0.717) is 6.47 Å². The second-order valence-electron chi connectivity index (χ2n) is 6.43. The molecule has 23 heavy (non-hydrogen) atoms. The third kappa shape index (κ3) is 4.06. The Hall–Kier alpha value is -2.43. The molecule has 5 nitrogen and oxygen atoms in total. The van der Waals surface area contributed by atoms with E-state index in [1.54, 1.807) is 6.20 Å². The first-order valence-electron chi connectivity index (χ1n) is 7.60. The Labute approximate surface area is 137 Å². The van der Waals surface area contributed by atoms with Gasteiger partial charge in [-0.3, -0.25) is 4.79 Å². The number of carbonyl (C=O) groups is 1. The number of nitrogens with one attached hydrogen (secondary N) is 1. The van der Waals surface area contributed by atoms with Gasteiger partial charge in [0, 0.05) is 24.7 Å². The van der Waals surface area contributed by atoms with Crippen molar-refractivity contribution in [1.82, 2.24) is 9.97 Å². The molecule has 0 spiro atoms. The van der Waals surface area contributed by atoms with Crippen LogP contribution in [0.3, 0.4) is 0 Å². The number of anilines is 1. The first kappa shape index (κ1) is 16.9. The minimum atomic E-state index is -0.113. The molecule has 0 saturated heterocycles. The number of hydrogen-bond donors (Lipinski definition) is 1. The molecule has 0 saturated carbocycles. The molecule has 0 fully saturated rings. The third-order valence-electron chi connectivity index (χ3n) is 3.86. The van der Waals surface area contributed by atoms with Crippen LogP contribution in [0, 0.1) is 0 Å². The average molecular weight is 313 g/mol. The second kappa shape index (κ2) is 7.22. The minimum absolute atomic E-state index is 0.0965. The highest BCUT2D eigenvalue weighted by molar-refractivity contribution is 5.49. The maximum Gasteiger partial charge on any atom is 0.293 e. The van der Waals surface area contributed by atoms with Crippen LogP contribution in [0.2, 0.25) is 0 Å². The summed E-state index contributed by atoms with van der Waals surface area (Å²) in [7, 11) is 1.81. The number of rotatable bonds is 6. The van der Waals surface area contributed by atoms with Crippen LogP contribution < -0.4 is 5.32 Å². The number of nitrogens with zero attached hydrogens (tertiary/aromatic N) is 2. The molecule has 122 valence electrons. The fourth-order valence-corrected chi connectivity index (χ4v) is 2.52. The molecule has 0 aliphatic carbocycles. The lowest BCUT2D eigenvalue weighted by Crippen LogP contribution is -2.14. The van der Waals surface area contributed by atoms with Crippen molar-refractivity contribution in [3.05, 3.63) is 53.5 Å². The molecule has 2 rings (SSSR count). The summed E-state index contributed by atoms with van der Waals surface area (Å²) < 4.78 is 5.04. The van der Waals surface area contributed by atoms with Crippen LogP contribution in [0.15, 0.2) is 36.8 Å². The Kier molecular flexibility index (Phi) is 5.32. The van der Waals surface area contributed by atoms with Gasteiger partial charge in [-0.05, 0) is 16.5 Å². The summed E-state index contributed by atoms with van der Waals surface area (Å²) in [5.74, 6) is 0.622. The molecule has 1 N–H and O–H groups in total. The van der Waals surface area contributed by atoms with Crippen LogP contribution in [0.25, 0.3) is 0 Å². The Balaban J connectivity index is 2.40. The standard InChI is InChI=1S/C18H23N3O2/c1-18(2,3)14-7-5-13(6-8-14)16(10-23-12-22)15-9-20-11-21-17(15)19-4/h5-9,11-12,16H,10H2,1-4H3,(H,19,20,21). The summed E-state index contributed by atoms with van der Waals surface area (Å²) in [6.45, 7) is 7.26. The second-order valence-corrected chi connectivity index (χ2v) is 6.43. The fourth-order valence-electron chi connectivity index (χ4n) is 2.52. The van der Waals surface area contributed by atoms with E-state index in [0.717, 1.165) is 16.9 Å². The predicted molar refractivity (Wildman–Crippen MR) is 90.6 cm³/mol. The van der Waals surface area contributed by atoms with Crippen molar-refractivity contribution in [3.63, 3.8) is 0 Å². The van der Waals surface area contributed by atoms with Crippen LogP contribution in [-0.4, -0.2) is 30.1 Å². The van der Waals surface area contributed by atoms with Gasteiger partial charge in [-0.2, -0.15) is 0 Å². The number of ether oxygens (including phenoxy) is 1. The normalized spacial score (nSPS) is 12.5. The van der Waals surface area contributed by atoms with Crippen molar-refractivity contribution < 1.29 is 9.53 Å². The van der Waals surface area contributed by atoms with Gasteiger partial charge in [0.1, 0.15) is 18.8 Å². The summed E-state index contributed by atoms with van der Waals surface area (Å²) in [6, 6.07) is 8.38. The van der Waals surface area contributed by atoms with Crippen LogP contribution in [0.1, 0.15) is 43.4 Å². The maximum atomic E-state index is 10.6. The Morgan fingerprint density at radius 2 is 1.96 bits per heavy atom. The number of carbonyl (C=O) groups excluding carboxylic acids is 1. The molecular weight excluding hydrogens is 290 g/mol. The summed E-state index contributed by atoms with van der Waals surface area (Å²) in [6.07, 6.45) is 3.25. The van der Waals surface area contributed by atoms with Crippen LogP contribution >= 0.6 is 0 Å². The van der Waals surface area contributed by atoms with Gasteiger partial charge in [0.2, 0.25) is 0 Å². The highest BCUT2D eigenvalue weighted by atomic mass is 16.5. The lowest BCUT2D eigenvalue weighted by molar-refractivity contribution is -0.128. The van der Waals surface area contributed by atoms with Gasteiger partial charge in [-0.25, -0.2) is 9.97 Å². The highest BCUT2D eigenvalue weighted by Gasteiger charge is 2.21. The van der Waals surface area contributed by atoms with Crippen LogP contribution in [0.4, 0.5) is 5.82 Å². The maximum absolute atomic E-state index is 10.6. The van der Waals surface area contributed by atoms with Gasteiger partial charge in [0.05, 0.1) is 0 Å². The van der Waals surface area contributed by atoms with Crippen molar-refractivity contribution in [2.24, 2.45) is 0 Å². The van der Waals surface area contributed by atoms with Crippen LogP contribution in [0.5, 0.6) is 0 Å². The van der Waals surface area contributed by atoms with Crippen molar-refractivity contribution in [2.75, 3.05) is 19.0 Å². The molecule has 0 aliphatic rings. The Bertz CT molecular complexity index is 648. The van der Waals surface area contributed by atoms with E-state index < -0.39 is 0 Å². The SMILES string of the molecule is CNc1ncncc1C(COC=O)c1ccc(C(C)(C)C)cc1. The number of aromatic nitrogens is 2. The quantitative estimate of drug-likeness (QED) is 0.830. The third-order valence-corrected chi connectivity index (χ3v) is 3.86. The molecular formula is C18H23N3O2. The van der Waals surface area contributed by atoms with Gasteiger partial charge in [-0.15, -0.1) is 0 Å². The molecule has 0 radical (unpaired) electrons. The van der Waals surface area contributed by atoms with Gasteiger partial charge < -0.3 is 10.1 Å². The molecule has 1 aromatic heterocycles. The lowest BCUT2D eigenvalue weighted by Gasteiger charge is -2.22. The number of benzene rings is 1. The smallest absolute Gasteiger partial charge is 0.293 e. The van der Waals surface area contributed by atoms with Crippen molar-refractivity contribution in [1.29, 1.82) is 0 Å². The minimum Gasteiger partial charge on any atom is -0.467 e. The van der Waals surface area contributed by atoms with Gasteiger partial charge in [0.25, 0.3) is 6.47 Å². The molecule has 1 unspecified atom stereocenters. The van der Waals surface area contributed by atoms with E-state index in [9.17, 15) is 4.79 Å². The molecule has 0 amide bonds. The van der Waals surface area contributed by atoms with Gasteiger partial charge in [0.15, 0.2) is 0 Å². The highest BCUT2D eigenvalue weighted by Crippen LogP contribution is 2.30. The van der Waals surface area contributed by atoms with Gasteiger partial charge >= 0.3 is 0 Å². The van der Waals surface area contributed by atoms with Crippen LogP contribution in [-0.2, 0) is 14.9 Å². The van der Waals surface area contributed by atoms with Crippen molar-refractivity contribution in [2.45, 2.75) is 32.1 Å². The molecule has 1 atom stereocenters. The van der Waals surface area contributed by atoms with E-state index in [2.05, 4.69) is 60.3 Å². The molecule has 1 heterocycles. The Morgan fingerprint density at radius 1 is 1.26 bits per heavy atom. The fraction of sp³-hybridized carbons (Fsp3) is 0.389. The molecule has 0 aliphatic heterocycles. The first-order chi connectivity index (χ1) is 11.0. The predicted octanol–water partition coefficient (Wildman–Crippen LogP) is 3.12. The summed E-state index contributed by atoms with van der Waals surface area (Å²) in [5.41, 5.74) is 3.32. The number of hydrogen-bond acceptors (Lipinski definition) is 5. The van der Waals surface area contributed by atoms with E-state index in [1.165, 1.54) is 11.9 Å². The largest absolute Gasteiger partial charge is 0.467 e. The van der Waals surface area contributed by atoms with Crippen molar-refractivity contribution >= 4 is 12.3 Å². The van der Waals surface area contributed by atoms with Crippen molar-refractivity contribution in [3.8, 4) is 0 Å². The molecule has 1 aromatic carbocycles. The lowest BCUT2D eigenvalue weighted by atomic mass is 9.85.